The van der Waals surface area contributed by atoms with Gasteiger partial charge in [0.1, 0.15) is 5.82 Å². The summed E-state index contributed by atoms with van der Waals surface area (Å²) >= 11 is 0. The predicted octanol–water partition coefficient (Wildman–Crippen LogP) is 4.32. The number of halogens is 1. The van der Waals surface area contributed by atoms with Gasteiger partial charge in [0.25, 0.3) is 5.91 Å². The highest BCUT2D eigenvalue weighted by Crippen LogP contribution is 2.37. The Balaban J connectivity index is 1.59. The van der Waals surface area contributed by atoms with E-state index in [4.69, 9.17) is 0 Å². The van der Waals surface area contributed by atoms with Gasteiger partial charge in [0.05, 0.1) is 23.4 Å². The van der Waals surface area contributed by atoms with Gasteiger partial charge in [-0.15, -0.1) is 0 Å². The van der Waals surface area contributed by atoms with Crippen molar-refractivity contribution in [2.24, 2.45) is 0 Å². The van der Waals surface area contributed by atoms with Gasteiger partial charge in [0.2, 0.25) is 5.91 Å². The smallest absolute Gasteiger partial charge is 0.258 e. The number of likely N-dealkylation sites (N-methyl/N-ethyl adjacent to an activating group) is 2. The Labute approximate surface area is 205 Å². The molecular formula is C28H29FN4O2. The number of nitrogens with one attached hydrogen (secondary N) is 2. The number of rotatable bonds is 8. The van der Waals surface area contributed by atoms with E-state index < -0.39 is 5.82 Å². The highest BCUT2D eigenvalue weighted by molar-refractivity contribution is 6.37. The van der Waals surface area contributed by atoms with Crippen molar-refractivity contribution in [2.75, 3.05) is 44.9 Å². The molecule has 6 nitrogen and oxygen atoms in total. The van der Waals surface area contributed by atoms with Crippen LogP contribution in [-0.2, 0) is 16.0 Å². The van der Waals surface area contributed by atoms with E-state index in [-0.39, 0.29) is 11.8 Å². The Kier molecular flexibility index (Phi) is 7.27. The Hall–Kier alpha value is -3.97. The second kappa shape index (κ2) is 10.5. The first kappa shape index (κ1) is 24.2. The lowest BCUT2D eigenvalue weighted by Gasteiger charge is -2.20. The van der Waals surface area contributed by atoms with Crippen LogP contribution in [0.1, 0.15) is 16.7 Å². The summed E-state index contributed by atoms with van der Waals surface area (Å²) in [4.78, 5) is 29.2. The third kappa shape index (κ3) is 5.75. The van der Waals surface area contributed by atoms with E-state index in [1.54, 1.807) is 11.0 Å². The van der Waals surface area contributed by atoms with Crippen LogP contribution in [0.5, 0.6) is 0 Å². The van der Waals surface area contributed by atoms with E-state index in [1.807, 2.05) is 80.6 Å². The quantitative estimate of drug-likeness (QED) is 0.480. The average molecular weight is 473 g/mol. The number of carbonyl (C=O) groups excluding carboxylic acids is 2. The van der Waals surface area contributed by atoms with Gasteiger partial charge in [0.15, 0.2) is 0 Å². The molecule has 2 N–H and O–H groups in total. The van der Waals surface area contributed by atoms with E-state index in [1.165, 1.54) is 12.1 Å². The largest absolute Gasteiger partial charge is 0.354 e. The summed E-state index contributed by atoms with van der Waals surface area (Å²) in [6.45, 7) is 1.48. The minimum Gasteiger partial charge on any atom is -0.354 e. The van der Waals surface area contributed by atoms with Crippen LogP contribution in [0.4, 0.5) is 15.8 Å². The molecule has 0 bridgehead atoms. The lowest BCUT2D eigenvalue weighted by molar-refractivity contribution is -0.129. The number of amides is 2. The zero-order valence-corrected chi connectivity index (χ0v) is 20.1. The summed E-state index contributed by atoms with van der Waals surface area (Å²) in [6.07, 6.45) is 0.318. The number of anilines is 2. The van der Waals surface area contributed by atoms with Crippen LogP contribution >= 0.6 is 0 Å². The fourth-order valence-electron chi connectivity index (χ4n) is 3.91. The minimum absolute atomic E-state index is 0.0612. The highest BCUT2D eigenvalue weighted by Gasteiger charge is 2.28. The highest BCUT2D eigenvalue weighted by atomic mass is 19.1. The second-order valence-electron chi connectivity index (χ2n) is 8.88. The van der Waals surface area contributed by atoms with E-state index >= 15 is 0 Å². The molecule has 1 aliphatic heterocycles. The average Bonchev–Trinajstić information content (AvgIpc) is 3.16. The fourth-order valence-corrected chi connectivity index (χ4v) is 3.91. The Morgan fingerprint density at radius 2 is 1.66 bits per heavy atom. The summed E-state index contributed by atoms with van der Waals surface area (Å²) in [5.74, 6) is -0.636. The van der Waals surface area contributed by atoms with Gasteiger partial charge < -0.3 is 20.4 Å². The molecule has 0 aliphatic carbocycles. The molecule has 0 spiro atoms. The SMILES string of the molecule is CN(C)CCN(C)C(=O)Cc1ccc(NC(=C2C(=O)Nc3cc(F)ccc32)c2ccccc2)cc1. The monoisotopic (exact) mass is 472 g/mol. The summed E-state index contributed by atoms with van der Waals surface area (Å²) in [6, 6.07) is 21.4. The van der Waals surface area contributed by atoms with E-state index in [9.17, 15) is 14.0 Å². The van der Waals surface area contributed by atoms with Crippen molar-refractivity contribution in [3.05, 3.63) is 95.3 Å². The molecule has 3 aromatic rings. The molecule has 2 amide bonds. The first-order chi connectivity index (χ1) is 16.8. The van der Waals surface area contributed by atoms with Gasteiger partial charge in [-0.2, -0.15) is 0 Å². The van der Waals surface area contributed by atoms with Crippen molar-refractivity contribution in [3.63, 3.8) is 0 Å². The summed E-state index contributed by atoms with van der Waals surface area (Å²) in [7, 11) is 5.78. The normalized spacial score (nSPS) is 13.9. The molecule has 0 saturated heterocycles. The molecule has 7 heteroatoms. The molecule has 0 aromatic heterocycles. The molecule has 35 heavy (non-hydrogen) atoms. The second-order valence-corrected chi connectivity index (χ2v) is 8.88. The molecule has 0 atom stereocenters. The van der Waals surface area contributed by atoms with Gasteiger partial charge in [-0.25, -0.2) is 4.39 Å². The predicted molar refractivity (Wildman–Crippen MR) is 138 cm³/mol. The minimum atomic E-state index is -0.406. The van der Waals surface area contributed by atoms with Crippen LogP contribution in [0.15, 0.2) is 72.8 Å². The van der Waals surface area contributed by atoms with Crippen molar-refractivity contribution >= 4 is 34.5 Å². The molecule has 4 rings (SSSR count). The van der Waals surface area contributed by atoms with E-state index in [2.05, 4.69) is 10.6 Å². The Bertz CT molecular complexity index is 1250. The standard InChI is InChI=1S/C28H29FN4O2/c1-32(2)15-16-33(3)25(34)17-19-9-12-22(13-10-19)30-27(20-7-5-4-6-8-20)26-23-14-11-21(29)18-24(23)31-28(26)35/h4-14,18,30H,15-17H2,1-3H3,(H,31,35). The molecular weight excluding hydrogens is 443 g/mol. The summed E-state index contributed by atoms with van der Waals surface area (Å²) in [5.41, 5.74) is 4.69. The Morgan fingerprint density at radius 1 is 0.943 bits per heavy atom. The maximum Gasteiger partial charge on any atom is 0.258 e. The van der Waals surface area contributed by atoms with Crippen LogP contribution in [0, 0.1) is 5.82 Å². The zero-order chi connectivity index (χ0) is 24.9. The number of benzene rings is 3. The number of carbonyl (C=O) groups is 2. The topological polar surface area (TPSA) is 64.7 Å². The van der Waals surface area contributed by atoms with Gasteiger partial charge in [0, 0.05) is 31.4 Å². The molecule has 0 radical (unpaired) electrons. The van der Waals surface area contributed by atoms with E-state index in [0.717, 1.165) is 23.4 Å². The first-order valence-corrected chi connectivity index (χ1v) is 11.5. The molecule has 3 aromatic carbocycles. The Morgan fingerprint density at radius 3 is 2.34 bits per heavy atom. The molecule has 180 valence electrons. The third-order valence-electron chi connectivity index (χ3n) is 5.93. The van der Waals surface area contributed by atoms with E-state index in [0.29, 0.717) is 35.5 Å². The molecule has 0 unspecified atom stereocenters. The lowest BCUT2D eigenvalue weighted by atomic mass is 10.00. The van der Waals surface area contributed by atoms with Crippen molar-refractivity contribution in [1.82, 2.24) is 9.80 Å². The van der Waals surface area contributed by atoms with Crippen LogP contribution in [-0.4, -0.2) is 55.8 Å². The van der Waals surface area contributed by atoms with Crippen LogP contribution in [0.2, 0.25) is 0 Å². The van der Waals surface area contributed by atoms with Gasteiger partial charge in [-0.05, 0) is 55.6 Å². The molecule has 1 heterocycles. The molecule has 0 saturated carbocycles. The van der Waals surface area contributed by atoms with Crippen molar-refractivity contribution < 1.29 is 14.0 Å². The van der Waals surface area contributed by atoms with Crippen LogP contribution in [0.25, 0.3) is 11.3 Å². The van der Waals surface area contributed by atoms with Gasteiger partial charge >= 0.3 is 0 Å². The summed E-state index contributed by atoms with van der Waals surface area (Å²) < 4.78 is 13.7. The first-order valence-electron chi connectivity index (χ1n) is 11.5. The number of hydrogen-bond donors (Lipinski definition) is 2. The van der Waals surface area contributed by atoms with Gasteiger partial charge in [-0.3, -0.25) is 9.59 Å². The lowest BCUT2D eigenvalue weighted by Crippen LogP contribution is -2.34. The van der Waals surface area contributed by atoms with Crippen molar-refractivity contribution in [2.45, 2.75) is 6.42 Å². The maximum atomic E-state index is 13.7. The molecule has 0 fully saturated rings. The molecule has 1 aliphatic rings. The fraction of sp³-hybridized carbons (Fsp3) is 0.214. The maximum absolute atomic E-state index is 13.7. The van der Waals surface area contributed by atoms with Crippen LogP contribution in [0.3, 0.4) is 0 Å². The van der Waals surface area contributed by atoms with Crippen molar-refractivity contribution in [3.8, 4) is 0 Å². The number of fused-ring (bicyclic) bond motifs is 1. The summed E-state index contributed by atoms with van der Waals surface area (Å²) in [5, 5.41) is 6.14. The third-order valence-corrected chi connectivity index (χ3v) is 5.93. The van der Waals surface area contributed by atoms with Crippen molar-refractivity contribution in [1.29, 1.82) is 0 Å². The van der Waals surface area contributed by atoms with Crippen LogP contribution < -0.4 is 10.6 Å². The zero-order valence-electron chi connectivity index (χ0n) is 20.1. The number of nitrogens with zero attached hydrogens (tertiary/aromatic N) is 2. The van der Waals surface area contributed by atoms with Gasteiger partial charge in [-0.1, -0.05) is 42.5 Å². The number of hydrogen-bond acceptors (Lipinski definition) is 4.